The van der Waals surface area contributed by atoms with Gasteiger partial charge in [-0.3, -0.25) is 4.79 Å². The van der Waals surface area contributed by atoms with E-state index < -0.39 is 11.8 Å². The third-order valence-corrected chi connectivity index (χ3v) is 2.82. The molecule has 0 aliphatic carbocycles. The number of rotatable bonds is 4. The monoisotopic (exact) mass is 299 g/mol. The van der Waals surface area contributed by atoms with E-state index in [4.69, 9.17) is 10.00 Å². The largest absolute Gasteiger partial charge is 0.466 e. The van der Waals surface area contributed by atoms with Crippen LogP contribution in [0.2, 0.25) is 0 Å². The molecule has 0 atom stereocenters. The number of nitrogens with zero attached hydrogens (tertiary/aromatic N) is 1. The Morgan fingerprint density at radius 1 is 1.53 bits per heavy atom. The highest BCUT2D eigenvalue weighted by Gasteiger charge is 2.16. The van der Waals surface area contributed by atoms with E-state index in [2.05, 4.69) is 15.9 Å². The molecule has 0 heterocycles. The number of carbonyl (C=O) groups is 1. The van der Waals surface area contributed by atoms with Crippen LogP contribution >= 0.6 is 15.9 Å². The molecule has 0 saturated heterocycles. The zero-order chi connectivity index (χ0) is 12.8. The van der Waals surface area contributed by atoms with Crippen LogP contribution in [0.4, 0.5) is 4.39 Å². The van der Waals surface area contributed by atoms with Crippen LogP contribution in [0.1, 0.15) is 23.6 Å². The number of carbonyl (C=O) groups excluding carboxylic acids is 1. The SMILES string of the molecule is CCOC(=O)Cc1c(F)ccc(C#N)c1CBr. The molecule has 0 fully saturated rings. The molecular weight excluding hydrogens is 289 g/mol. The summed E-state index contributed by atoms with van der Waals surface area (Å²) in [6, 6.07) is 4.57. The third kappa shape index (κ3) is 3.27. The Labute approximate surface area is 107 Å². The van der Waals surface area contributed by atoms with Crippen molar-refractivity contribution in [2.45, 2.75) is 18.7 Å². The lowest BCUT2D eigenvalue weighted by atomic mass is 10.00. The molecule has 0 aromatic heterocycles. The maximum absolute atomic E-state index is 13.6. The van der Waals surface area contributed by atoms with E-state index in [0.717, 1.165) is 0 Å². The zero-order valence-corrected chi connectivity index (χ0v) is 10.9. The van der Waals surface area contributed by atoms with Crippen molar-refractivity contribution in [3.63, 3.8) is 0 Å². The third-order valence-electron chi connectivity index (χ3n) is 2.25. The van der Waals surface area contributed by atoms with Gasteiger partial charge in [-0.15, -0.1) is 0 Å². The van der Waals surface area contributed by atoms with E-state index in [1.807, 2.05) is 6.07 Å². The molecule has 0 aliphatic heterocycles. The summed E-state index contributed by atoms with van der Waals surface area (Å²) in [5.41, 5.74) is 1.09. The summed E-state index contributed by atoms with van der Waals surface area (Å²) in [7, 11) is 0. The molecule has 1 rings (SSSR count). The first-order valence-corrected chi connectivity index (χ1v) is 6.18. The summed E-state index contributed by atoms with van der Waals surface area (Å²) in [6.07, 6.45) is -0.157. The van der Waals surface area contributed by atoms with E-state index in [1.54, 1.807) is 6.92 Å². The van der Waals surface area contributed by atoms with Crippen LogP contribution in [0, 0.1) is 17.1 Å². The Morgan fingerprint density at radius 2 is 2.24 bits per heavy atom. The van der Waals surface area contributed by atoms with Crippen LogP contribution in [0.3, 0.4) is 0 Å². The normalized spacial score (nSPS) is 9.76. The van der Waals surface area contributed by atoms with Crippen molar-refractivity contribution in [2.75, 3.05) is 6.61 Å². The fourth-order valence-electron chi connectivity index (χ4n) is 1.47. The second-order valence-corrected chi connectivity index (χ2v) is 3.84. The van der Waals surface area contributed by atoms with E-state index in [9.17, 15) is 9.18 Å². The molecule has 17 heavy (non-hydrogen) atoms. The number of benzene rings is 1. The molecule has 0 unspecified atom stereocenters. The lowest BCUT2D eigenvalue weighted by Gasteiger charge is -2.09. The number of alkyl halides is 1. The Hall–Kier alpha value is -1.41. The number of halogens is 2. The van der Waals surface area contributed by atoms with Crippen molar-refractivity contribution in [3.8, 4) is 6.07 Å². The van der Waals surface area contributed by atoms with Crippen molar-refractivity contribution in [1.82, 2.24) is 0 Å². The lowest BCUT2D eigenvalue weighted by Crippen LogP contribution is -2.11. The number of nitriles is 1. The van der Waals surface area contributed by atoms with Gasteiger partial charge in [-0.2, -0.15) is 5.26 Å². The summed E-state index contributed by atoms with van der Waals surface area (Å²) in [5, 5.41) is 9.21. The molecular formula is C12H11BrFNO2. The number of esters is 1. The predicted molar refractivity (Wildman–Crippen MR) is 64.1 cm³/mol. The van der Waals surface area contributed by atoms with Crippen molar-refractivity contribution < 1.29 is 13.9 Å². The average Bonchev–Trinajstić information content (AvgIpc) is 2.31. The van der Waals surface area contributed by atoms with Gasteiger partial charge >= 0.3 is 5.97 Å². The molecule has 0 aliphatic rings. The van der Waals surface area contributed by atoms with Gasteiger partial charge in [0.15, 0.2) is 0 Å². The molecule has 1 aromatic carbocycles. The molecule has 0 saturated carbocycles. The first kappa shape index (κ1) is 13.7. The van der Waals surface area contributed by atoms with Crippen LogP contribution in [0.15, 0.2) is 12.1 Å². The lowest BCUT2D eigenvalue weighted by molar-refractivity contribution is -0.142. The fourth-order valence-corrected chi connectivity index (χ4v) is 2.11. The fraction of sp³-hybridized carbons (Fsp3) is 0.333. The van der Waals surface area contributed by atoms with Crippen molar-refractivity contribution in [1.29, 1.82) is 5.26 Å². The smallest absolute Gasteiger partial charge is 0.310 e. The molecule has 5 heteroatoms. The Bertz CT molecular complexity index is 468. The molecule has 0 radical (unpaired) electrons. The number of hydrogen-bond acceptors (Lipinski definition) is 3. The predicted octanol–water partition coefficient (Wildman–Crippen LogP) is 2.70. The van der Waals surface area contributed by atoms with E-state index in [1.165, 1.54) is 12.1 Å². The van der Waals surface area contributed by atoms with Gasteiger partial charge < -0.3 is 4.74 Å². The van der Waals surface area contributed by atoms with Crippen LogP contribution < -0.4 is 0 Å². The quantitative estimate of drug-likeness (QED) is 0.634. The molecule has 0 amide bonds. The molecule has 0 spiro atoms. The standard InChI is InChI=1S/C12H11BrFNO2/c1-2-17-12(16)5-9-10(6-13)8(7-15)3-4-11(9)14/h3-4H,2,5-6H2,1H3. The first-order valence-electron chi connectivity index (χ1n) is 5.06. The Kier molecular flexibility index (Phi) is 5.11. The molecule has 90 valence electrons. The van der Waals surface area contributed by atoms with Crippen molar-refractivity contribution in [2.24, 2.45) is 0 Å². The molecule has 3 nitrogen and oxygen atoms in total. The second-order valence-electron chi connectivity index (χ2n) is 3.28. The Balaban J connectivity index is 3.13. The first-order chi connectivity index (χ1) is 8.13. The minimum absolute atomic E-state index is 0.157. The van der Waals surface area contributed by atoms with Crippen molar-refractivity contribution in [3.05, 3.63) is 34.6 Å². The van der Waals surface area contributed by atoms with Gasteiger partial charge in [0.1, 0.15) is 5.82 Å². The number of ether oxygens (including phenoxy) is 1. The molecule has 1 aromatic rings. The van der Waals surface area contributed by atoms with E-state index in [0.29, 0.717) is 16.5 Å². The van der Waals surface area contributed by atoms with Crippen LogP contribution in [-0.2, 0) is 21.3 Å². The molecule has 0 N–H and O–H groups in total. The summed E-state index contributed by atoms with van der Waals surface area (Å²) >= 11 is 3.19. The summed E-state index contributed by atoms with van der Waals surface area (Å²) in [5.74, 6) is -0.991. The van der Waals surface area contributed by atoms with Gasteiger partial charge in [0.2, 0.25) is 0 Å². The summed E-state index contributed by atoms with van der Waals surface area (Å²) < 4.78 is 18.4. The van der Waals surface area contributed by atoms with Gasteiger partial charge in [0.25, 0.3) is 0 Å². The van der Waals surface area contributed by atoms with Gasteiger partial charge in [0.05, 0.1) is 24.7 Å². The zero-order valence-electron chi connectivity index (χ0n) is 9.30. The maximum Gasteiger partial charge on any atom is 0.310 e. The summed E-state index contributed by atoms with van der Waals surface area (Å²) in [6.45, 7) is 1.94. The maximum atomic E-state index is 13.6. The highest BCUT2D eigenvalue weighted by Crippen LogP contribution is 2.21. The van der Waals surface area contributed by atoms with E-state index in [-0.39, 0.29) is 18.6 Å². The number of hydrogen-bond donors (Lipinski definition) is 0. The van der Waals surface area contributed by atoms with Gasteiger partial charge in [-0.05, 0) is 24.6 Å². The highest BCUT2D eigenvalue weighted by atomic mass is 79.9. The highest BCUT2D eigenvalue weighted by molar-refractivity contribution is 9.08. The Morgan fingerprint density at radius 3 is 2.76 bits per heavy atom. The van der Waals surface area contributed by atoms with Crippen LogP contribution in [0.25, 0.3) is 0 Å². The van der Waals surface area contributed by atoms with Gasteiger partial charge in [-0.25, -0.2) is 4.39 Å². The second kappa shape index (κ2) is 6.36. The van der Waals surface area contributed by atoms with Gasteiger partial charge in [-0.1, -0.05) is 15.9 Å². The van der Waals surface area contributed by atoms with Gasteiger partial charge in [0, 0.05) is 10.9 Å². The van der Waals surface area contributed by atoms with Crippen LogP contribution in [0.5, 0.6) is 0 Å². The minimum Gasteiger partial charge on any atom is -0.466 e. The van der Waals surface area contributed by atoms with Crippen molar-refractivity contribution >= 4 is 21.9 Å². The molecule has 0 bridgehead atoms. The average molecular weight is 300 g/mol. The topological polar surface area (TPSA) is 50.1 Å². The summed E-state index contributed by atoms with van der Waals surface area (Å²) in [4.78, 5) is 11.3. The van der Waals surface area contributed by atoms with E-state index >= 15 is 0 Å². The van der Waals surface area contributed by atoms with Crippen LogP contribution in [-0.4, -0.2) is 12.6 Å². The minimum atomic E-state index is -0.497.